The summed E-state index contributed by atoms with van der Waals surface area (Å²) in [6.07, 6.45) is 0. The van der Waals surface area contributed by atoms with Gasteiger partial charge in [-0.2, -0.15) is 5.26 Å². The normalized spacial score (nSPS) is 11.5. The quantitative estimate of drug-likeness (QED) is 0.868. The van der Waals surface area contributed by atoms with Gasteiger partial charge in [0.2, 0.25) is 0 Å². The first-order valence-corrected chi connectivity index (χ1v) is 6.11. The van der Waals surface area contributed by atoms with Crippen LogP contribution in [-0.4, -0.2) is 18.6 Å². The Bertz CT molecular complexity index is 500. The van der Waals surface area contributed by atoms with Crippen LogP contribution in [-0.2, 0) is 9.53 Å². The van der Waals surface area contributed by atoms with E-state index in [-0.39, 0.29) is 22.3 Å². The second-order valence-corrected chi connectivity index (χ2v) is 4.31. The van der Waals surface area contributed by atoms with Crippen molar-refractivity contribution in [3.8, 4) is 6.07 Å². The molecule has 1 unspecified atom stereocenters. The molecule has 1 aromatic rings. The van der Waals surface area contributed by atoms with E-state index in [0.717, 1.165) is 0 Å². The van der Waals surface area contributed by atoms with Gasteiger partial charge in [-0.15, -0.1) is 0 Å². The van der Waals surface area contributed by atoms with Crippen molar-refractivity contribution in [2.75, 3.05) is 11.9 Å². The number of hydrogen-bond donors (Lipinski definition) is 1. The fourth-order valence-corrected chi connectivity index (χ4v) is 1.74. The molecule has 1 aromatic carbocycles. The van der Waals surface area contributed by atoms with E-state index in [2.05, 4.69) is 21.2 Å². The Hall–Kier alpha value is -1.61. The Kier molecular flexibility index (Phi) is 5.10. The van der Waals surface area contributed by atoms with Crippen LogP contribution in [0.3, 0.4) is 0 Å². The standard InChI is InChI=1S/C12H12BrFN2O2/c1-3-18-12(17)7(2)16-9-5-4-8(6-15)10(13)11(9)14/h4-5,7,16H,3H2,1-2H3. The highest BCUT2D eigenvalue weighted by molar-refractivity contribution is 9.10. The van der Waals surface area contributed by atoms with Gasteiger partial charge in [0, 0.05) is 0 Å². The van der Waals surface area contributed by atoms with Crippen LogP contribution in [0.25, 0.3) is 0 Å². The number of halogens is 2. The summed E-state index contributed by atoms with van der Waals surface area (Å²) < 4.78 is 18.7. The molecule has 1 N–H and O–H groups in total. The topological polar surface area (TPSA) is 62.1 Å². The average Bonchev–Trinajstić information content (AvgIpc) is 2.35. The van der Waals surface area contributed by atoms with Gasteiger partial charge in [0.1, 0.15) is 12.1 Å². The van der Waals surface area contributed by atoms with Gasteiger partial charge >= 0.3 is 5.97 Å². The molecule has 1 atom stereocenters. The molecule has 0 aromatic heterocycles. The molecule has 0 saturated heterocycles. The second kappa shape index (κ2) is 6.36. The Morgan fingerprint density at radius 2 is 2.33 bits per heavy atom. The monoisotopic (exact) mass is 314 g/mol. The lowest BCUT2D eigenvalue weighted by Gasteiger charge is -2.15. The first kappa shape index (κ1) is 14.5. The van der Waals surface area contributed by atoms with Crippen molar-refractivity contribution < 1.29 is 13.9 Å². The lowest BCUT2D eigenvalue weighted by molar-refractivity contribution is -0.143. The summed E-state index contributed by atoms with van der Waals surface area (Å²) in [7, 11) is 0. The summed E-state index contributed by atoms with van der Waals surface area (Å²) in [5.41, 5.74) is 0.336. The molecule has 1 rings (SSSR count). The molecule has 18 heavy (non-hydrogen) atoms. The lowest BCUT2D eigenvalue weighted by Crippen LogP contribution is -2.28. The van der Waals surface area contributed by atoms with Crippen molar-refractivity contribution in [1.82, 2.24) is 0 Å². The van der Waals surface area contributed by atoms with E-state index < -0.39 is 17.8 Å². The molecule has 0 amide bonds. The van der Waals surface area contributed by atoms with Gasteiger partial charge in [0.05, 0.1) is 22.3 Å². The van der Waals surface area contributed by atoms with E-state index in [1.807, 2.05) is 6.07 Å². The molecule has 0 aliphatic heterocycles. The molecule has 6 heteroatoms. The zero-order chi connectivity index (χ0) is 13.7. The van der Waals surface area contributed by atoms with Gasteiger partial charge in [-0.05, 0) is 41.9 Å². The summed E-state index contributed by atoms with van der Waals surface area (Å²) in [6.45, 7) is 3.54. The first-order valence-electron chi connectivity index (χ1n) is 5.32. The minimum absolute atomic E-state index is 0.0751. The minimum Gasteiger partial charge on any atom is -0.464 e. The van der Waals surface area contributed by atoms with Crippen LogP contribution in [0.1, 0.15) is 19.4 Å². The van der Waals surface area contributed by atoms with Crippen LogP contribution in [0.15, 0.2) is 16.6 Å². The highest BCUT2D eigenvalue weighted by Gasteiger charge is 2.17. The van der Waals surface area contributed by atoms with Gasteiger partial charge in [-0.1, -0.05) is 0 Å². The maximum absolute atomic E-state index is 13.8. The van der Waals surface area contributed by atoms with E-state index in [1.165, 1.54) is 12.1 Å². The van der Waals surface area contributed by atoms with Crippen molar-refractivity contribution in [3.63, 3.8) is 0 Å². The van der Waals surface area contributed by atoms with Gasteiger partial charge in [-0.3, -0.25) is 0 Å². The summed E-state index contributed by atoms with van der Waals surface area (Å²) in [5, 5.41) is 11.4. The third-order valence-electron chi connectivity index (χ3n) is 2.21. The summed E-state index contributed by atoms with van der Waals surface area (Å²) in [6, 6.07) is 4.06. The highest BCUT2D eigenvalue weighted by atomic mass is 79.9. The molecular weight excluding hydrogens is 303 g/mol. The molecule has 96 valence electrons. The molecular formula is C12H12BrFN2O2. The predicted molar refractivity (Wildman–Crippen MR) is 68.5 cm³/mol. The smallest absolute Gasteiger partial charge is 0.328 e. The number of carbonyl (C=O) groups is 1. The van der Waals surface area contributed by atoms with Crippen LogP contribution in [0.2, 0.25) is 0 Å². The fraction of sp³-hybridized carbons (Fsp3) is 0.333. The molecule has 0 aliphatic rings. The number of nitrogens with one attached hydrogen (secondary N) is 1. The zero-order valence-corrected chi connectivity index (χ0v) is 11.5. The number of ether oxygens (including phenoxy) is 1. The number of nitriles is 1. The summed E-state index contributed by atoms with van der Waals surface area (Å²) >= 11 is 3.00. The minimum atomic E-state index is -0.667. The van der Waals surface area contributed by atoms with Crippen LogP contribution < -0.4 is 5.32 Å². The van der Waals surface area contributed by atoms with Crippen LogP contribution in [0.5, 0.6) is 0 Å². The van der Waals surface area contributed by atoms with E-state index in [1.54, 1.807) is 13.8 Å². The zero-order valence-electron chi connectivity index (χ0n) is 9.96. The molecule has 0 fully saturated rings. The molecule has 0 heterocycles. The number of anilines is 1. The fourth-order valence-electron chi connectivity index (χ4n) is 1.31. The van der Waals surface area contributed by atoms with E-state index in [4.69, 9.17) is 10.00 Å². The number of rotatable bonds is 4. The van der Waals surface area contributed by atoms with Crippen LogP contribution in [0, 0.1) is 17.1 Å². The number of esters is 1. The van der Waals surface area contributed by atoms with E-state index in [0.29, 0.717) is 0 Å². The summed E-state index contributed by atoms with van der Waals surface area (Å²) in [5.74, 6) is -1.07. The SMILES string of the molecule is CCOC(=O)C(C)Nc1ccc(C#N)c(Br)c1F. The Morgan fingerprint density at radius 3 is 2.89 bits per heavy atom. The Balaban J connectivity index is 2.90. The van der Waals surface area contributed by atoms with Gasteiger partial charge in [0.25, 0.3) is 0 Å². The van der Waals surface area contributed by atoms with Gasteiger partial charge < -0.3 is 10.1 Å². The van der Waals surface area contributed by atoms with Crippen LogP contribution in [0.4, 0.5) is 10.1 Å². The number of hydrogen-bond acceptors (Lipinski definition) is 4. The van der Waals surface area contributed by atoms with Crippen LogP contribution >= 0.6 is 15.9 Å². The average molecular weight is 315 g/mol. The molecule has 0 saturated carbocycles. The Labute approximate surface area is 113 Å². The van der Waals surface area contributed by atoms with Crippen molar-refractivity contribution in [2.24, 2.45) is 0 Å². The number of nitrogens with zero attached hydrogens (tertiary/aromatic N) is 1. The van der Waals surface area contributed by atoms with Gasteiger partial charge in [-0.25, -0.2) is 9.18 Å². The molecule has 4 nitrogen and oxygen atoms in total. The molecule has 0 aliphatic carbocycles. The van der Waals surface area contributed by atoms with Crippen molar-refractivity contribution in [3.05, 3.63) is 28.0 Å². The van der Waals surface area contributed by atoms with E-state index in [9.17, 15) is 9.18 Å². The third kappa shape index (κ3) is 3.20. The van der Waals surface area contributed by atoms with Crippen molar-refractivity contribution >= 4 is 27.6 Å². The maximum Gasteiger partial charge on any atom is 0.328 e. The lowest BCUT2D eigenvalue weighted by atomic mass is 10.2. The molecule has 0 bridgehead atoms. The molecule has 0 radical (unpaired) electrons. The first-order chi connectivity index (χ1) is 8.51. The Morgan fingerprint density at radius 1 is 1.67 bits per heavy atom. The molecule has 0 spiro atoms. The predicted octanol–water partition coefficient (Wildman–Crippen LogP) is 2.82. The van der Waals surface area contributed by atoms with Crippen molar-refractivity contribution in [2.45, 2.75) is 19.9 Å². The number of benzene rings is 1. The van der Waals surface area contributed by atoms with Crippen molar-refractivity contribution in [1.29, 1.82) is 5.26 Å². The largest absolute Gasteiger partial charge is 0.464 e. The number of carbonyl (C=O) groups excluding carboxylic acids is 1. The summed E-state index contributed by atoms with van der Waals surface area (Å²) in [4.78, 5) is 11.4. The van der Waals surface area contributed by atoms with Gasteiger partial charge in [0.15, 0.2) is 5.82 Å². The second-order valence-electron chi connectivity index (χ2n) is 3.52. The maximum atomic E-state index is 13.8. The third-order valence-corrected chi connectivity index (χ3v) is 2.99. The highest BCUT2D eigenvalue weighted by Crippen LogP contribution is 2.27. The van der Waals surface area contributed by atoms with E-state index >= 15 is 0 Å².